The minimum absolute atomic E-state index is 0.239. The molecule has 86 valence electrons. The Labute approximate surface area is 90.4 Å². The summed E-state index contributed by atoms with van der Waals surface area (Å²) in [5.74, 6) is -0.989. The third-order valence-electron chi connectivity index (χ3n) is 2.08. The highest BCUT2D eigenvalue weighted by Crippen LogP contribution is 2.07. The molecule has 1 saturated heterocycles. The summed E-state index contributed by atoms with van der Waals surface area (Å²) >= 11 is 0. The number of aromatic nitrogens is 3. The first-order valence-electron chi connectivity index (χ1n) is 4.67. The minimum Gasteiger partial charge on any atom is -0.480 e. The van der Waals surface area contributed by atoms with E-state index in [0.717, 1.165) is 0 Å². The van der Waals surface area contributed by atoms with E-state index < -0.39 is 5.97 Å². The van der Waals surface area contributed by atoms with E-state index in [0.29, 0.717) is 25.4 Å². The molecule has 0 atom stereocenters. The van der Waals surface area contributed by atoms with Gasteiger partial charge in [-0.2, -0.15) is 0 Å². The van der Waals surface area contributed by atoms with E-state index >= 15 is 0 Å². The normalized spacial score (nSPS) is 15.2. The van der Waals surface area contributed by atoms with Crippen LogP contribution in [0.5, 0.6) is 0 Å². The van der Waals surface area contributed by atoms with Crippen LogP contribution in [0.25, 0.3) is 0 Å². The number of hydrogen-bond donors (Lipinski definition) is 1. The molecule has 1 amide bonds. The Hall–Kier alpha value is -2.12. The lowest BCUT2D eigenvalue weighted by molar-refractivity contribution is -0.137. The number of rotatable bonds is 4. The maximum absolute atomic E-state index is 11.1. The van der Waals surface area contributed by atoms with E-state index in [9.17, 15) is 9.59 Å². The zero-order valence-electron chi connectivity index (χ0n) is 8.37. The number of aliphatic carboxylic acids is 1. The Kier molecular flexibility index (Phi) is 2.71. The summed E-state index contributed by atoms with van der Waals surface area (Å²) in [4.78, 5) is 23.0. The minimum atomic E-state index is -0.989. The summed E-state index contributed by atoms with van der Waals surface area (Å²) in [7, 11) is 0. The van der Waals surface area contributed by atoms with Gasteiger partial charge in [-0.25, -0.2) is 9.48 Å². The van der Waals surface area contributed by atoms with E-state index in [-0.39, 0.29) is 12.6 Å². The van der Waals surface area contributed by atoms with Crippen molar-refractivity contribution in [2.75, 3.05) is 13.2 Å². The summed E-state index contributed by atoms with van der Waals surface area (Å²) in [6.07, 6.45) is 1.12. The molecule has 0 saturated carbocycles. The summed E-state index contributed by atoms with van der Waals surface area (Å²) in [6, 6.07) is 0. The highest BCUT2D eigenvalue weighted by atomic mass is 16.6. The highest BCUT2D eigenvalue weighted by molar-refractivity contribution is 5.69. The lowest BCUT2D eigenvalue weighted by atomic mass is 10.4. The zero-order chi connectivity index (χ0) is 11.5. The standard InChI is InChI=1S/C8H10N4O4/c13-7(14)5-12-4-6(9-10-12)3-11-1-2-16-8(11)15/h4H,1-3,5H2,(H,13,14). The van der Waals surface area contributed by atoms with E-state index in [1.54, 1.807) is 0 Å². The number of cyclic esters (lactones) is 1. The van der Waals surface area contributed by atoms with Gasteiger partial charge in [-0.3, -0.25) is 9.69 Å². The third-order valence-corrected chi connectivity index (χ3v) is 2.08. The van der Waals surface area contributed by atoms with Crippen LogP contribution in [0.3, 0.4) is 0 Å². The molecule has 0 spiro atoms. The van der Waals surface area contributed by atoms with Crippen molar-refractivity contribution in [3.8, 4) is 0 Å². The van der Waals surface area contributed by atoms with Crippen LogP contribution in [0.2, 0.25) is 0 Å². The molecular weight excluding hydrogens is 216 g/mol. The van der Waals surface area contributed by atoms with Crippen LogP contribution < -0.4 is 0 Å². The van der Waals surface area contributed by atoms with Crippen molar-refractivity contribution in [3.05, 3.63) is 11.9 Å². The van der Waals surface area contributed by atoms with E-state index in [4.69, 9.17) is 9.84 Å². The Morgan fingerprint density at radius 1 is 1.62 bits per heavy atom. The molecule has 1 aliphatic rings. The number of carboxylic acids is 1. The second-order valence-corrected chi connectivity index (χ2v) is 3.34. The first kappa shape index (κ1) is 10.4. The molecule has 2 rings (SSSR count). The molecule has 0 aromatic carbocycles. The largest absolute Gasteiger partial charge is 0.480 e. The predicted molar refractivity (Wildman–Crippen MR) is 49.4 cm³/mol. The predicted octanol–water partition coefficient (Wildman–Crippen LogP) is -0.685. The van der Waals surface area contributed by atoms with Gasteiger partial charge in [0.25, 0.3) is 0 Å². The molecule has 1 N–H and O–H groups in total. The maximum atomic E-state index is 11.1. The molecule has 1 fully saturated rings. The highest BCUT2D eigenvalue weighted by Gasteiger charge is 2.22. The van der Waals surface area contributed by atoms with Crippen LogP contribution in [0.4, 0.5) is 4.79 Å². The SMILES string of the molecule is O=C(O)Cn1cc(CN2CCOC2=O)nn1. The van der Waals surface area contributed by atoms with Gasteiger partial charge in [0.15, 0.2) is 0 Å². The molecule has 0 bridgehead atoms. The monoisotopic (exact) mass is 226 g/mol. The Balaban J connectivity index is 1.97. The van der Waals surface area contributed by atoms with Gasteiger partial charge in [-0.05, 0) is 0 Å². The van der Waals surface area contributed by atoms with Gasteiger partial charge >= 0.3 is 12.1 Å². The maximum Gasteiger partial charge on any atom is 0.410 e. The van der Waals surface area contributed by atoms with Crippen LogP contribution in [0, 0.1) is 0 Å². The van der Waals surface area contributed by atoms with Crippen molar-refractivity contribution in [1.82, 2.24) is 19.9 Å². The molecule has 1 aromatic heterocycles. The first-order chi connectivity index (χ1) is 7.65. The lowest BCUT2D eigenvalue weighted by Crippen LogP contribution is -2.23. The smallest absolute Gasteiger partial charge is 0.410 e. The van der Waals surface area contributed by atoms with Gasteiger partial charge < -0.3 is 9.84 Å². The van der Waals surface area contributed by atoms with Crippen LogP contribution in [0.15, 0.2) is 6.20 Å². The molecule has 16 heavy (non-hydrogen) atoms. The number of carboxylic acid groups (broad SMARTS) is 1. The van der Waals surface area contributed by atoms with E-state index in [2.05, 4.69) is 10.3 Å². The van der Waals surface area contributed by atoms with Gasteiger partial charge in [0.2, 0.25) is 0 Å². The van der Waals surface area contributed by atoms with Crippen LogP contribution in [0.1, 0.15) is 5.69 Å². The molecular formula is C8H10N4O4. The molecule has 1 aromatic rings. The first-order valence-corrected chi connectivity index (χ1v) is 4.67. The van der Waals surface area contributed by atoms with Gasteiger partial charge in [-0.15, -0.1) is 5.10 Å². The molecule has 8 heteroatoms. The van der Waals surface area contributed by atoms with Crippen molar-refractivity contribution in [3.63, 3.8) is 0 Å². The number of nitrogens with zero attached hydrogens (tertiary/aromatic N) is 4. The molecule has 2 heterocycles. The number of amides is 1. The topological polar surface area (TPSA) is 97.6 Å². The fourth-order valence-electron chi connectivity index (χ4n) is 1.39. The Morgan fingerprint density at radius 2 is 2.44 bits per heavy atom. The molecule has 1 aliphatic heterocycles. The van der Waals surface area contributed by atoms with Gasteiger partial charge in [-0.1, -0.05) is 5.21 Å². The van der Waals surface area contributed by atoms with Crippen molar-refractivity contribution < 1.29 is 19.4 Å². The van der Waals surface area contributed by atoms with Crippen molar-refractivity contribution >= 4 is 12.1 Å². The number of ether oxygens (including phenoxy) is 1. The average molecular weight is 226 g/mol. The van der Waals surface area contributed by atoms with Gasteiger partial charge in [0, 0.05) is 0 Å². The average Bonchev–Trinajstić information content (AvgIpc) is 2.77. The van der Waals surface area contributed by atoms with Crippen LogP contribution >= 0.6 is 0 Å². The number of carbonyl (C=O) groups excluding carboxylic acids is 1. The van der Waals surface area contributed by atoms with Crippen molar-refractivity contribution in [1.29, 1.82) is 0 Å². The van der Waals surface area contributed by atoms with E-state index in [1.807, 2.05) is 0 Å². The number of carbonyl (C=O) groups is 2. The quantitative estimate of drug-likeness (QED) is 0.730. The van der Waals surface area contributed by atoms with Crippen molar-refractivity contribution in [2.45, 2.75) is 13.1 Å². The molecule has 0 aliphatic carbocycles. The fourth-order valence-corrected chi connectivity index (χ4v) is 1.39. The fraction of sp³-hybridized carbons (Fsp3) is 0.500. The third kappa shape index (κ3) is 2.27. The van der Waals surface area contributed by atoms with Gasteiger partial charge in [0.05, 0.1) is 19.3 Å². The Bertz CT molecular complexity index is 416. The second-order valence-electron chi connectivity index (χ2n) is 3.34. The summed E-state index contributed by atoms with van der Waals surface area (Å²) in [5.41, 5.74) is 0.542. The van der Waals surface area contributed by atoms with E-state index in [1.165, 1.54) is 15.8 Å². The van der Waals surface area contributed by atoms with Gasteiger partial charge in [0.1, 0.15) is 18.8 Å². The summed E-state index contributed by atoms with van der Waals surface area (Å²) in [5, 5.41) is 15.9. The number of hydrogen-bond acceptors (Lipinski definition) is 5. The molecule has 0 unspecified atom stereocenters. The van der Waals surface area contributed by atoms with Crippen molar-refractivity contribution in [2.24, 2.45) is 0 Å². The molecule has 0 radical (unpaired) electrons. The van der Waals surface area contributed by atoms with Crippen LogP contribution in [-0.4, -0.2) is 50.2 Å². The lowest BCUT2D eigenvalue weighted by Gasteiger charge is -2.08. The van der Waals surface area contributed by atoms with Crippen LogP contribution in [-0.2, 0) is 22.6 Å². The zero-order valence-corrected chi connectivity index (χ0v) is 8.37. The Morgan fingerprint density at radius 3 is 3.06 bits per heavy atom. The summed E-state index contributed by atoms with van der Waals surface area (Å²) in [6.45, 7) is 0.947. The molecule has 8 nitrogen and oxygen atoms in total. The second kappa shape index (κ2) is 4.17. The summed E-state index contributed by atoms with van der Waals surface area (Å²) < 4.78 is 5.95.